The molecule has 4 nitrogen and oxygen atoms in total. The van der Waals surface area contributed by atoms with E-state index >= 15 is 0 Å². The molecule has 140 valence electrons. The van der Waals surface area contributed by atoms with Gasteiger partial charge in [0.1, 0.15) is 5.82 Å². The fraction of sp³-hybridized carbons (Fsp3) is 0.158. The van der Waals surface area contributed by atoms with Crippen molar-refractivity contribution in [2.45, 2.75) is 19.6 Å². The van der Waals surface area contributed by atoms with Crippen LogP contribution in [0.5, 0.6) is 0 Å². The van der Waals surface area contributed by atoms with Crippen molar-refractivity contribution in [3.05, 3.63) is 76.4 Å². The molecule has 0 aliphatic carbocycles. The number of nitrogens with one attached hydrogen (secondary N) is 2. The lowest BCUT2D eigenvalue weighted by molar-refractivity contribution is -0.136. The Morgan fingerprint density at radius 2 is 1.74 bits per heavy atom. The average molecular weight is 393 g/mol. The summed E-state index contributed by atoms with van der Waals surface area (Å²) in [5.41, 5.74) is 0.635. The van der Waals surface area contributed by atoms with Crippen molar-refractivity contribution in [2.75, 3.05) is 10.6 Å². The van der Waals surface area contributed by atoms with Crippen molar-refractivity contribution >= 4 is 29.1 Å². The Balaban J connectivity index is 1.83. The summed E-state index contributed by atoms with van der Waals surface area (Å²) >= 11 is 5.71. The van der Waals surface area contributed by atoms with Gasteiger partial charge in [-0.05, 0) is 30.7 Å². The second-order valence-corrected chi connectivity index (χ2v) is 6.31. The first-order valence-corrected chi connectivity index (χ1v) is 8.46. The Bertz CT molecular complexity index is 930. The molecule has 3 rings (SSSR count). The largest absolute Gasteiger partial charge is 0.418 e. The molecule has 0 saturated carbocycles. The van der Waals surface area contributed by atoms with E-state index in [1.807, 2.05) is 30.3 Å². The summed E-state index contributed by atoms with van der Waals surface area (Å²) in [5.74, 6) is 0.578. The van der Waals surface area contributed by atoms with Crippen LogP contribution in [0.25, 0.3) is 0 Å². The summed E-state index contributed by atoms with van der Waals surface area (Å²) in [7, 11) is 0. The molecule has 2 N–H and O–H groups in total. The van der Waals surface area contributed by atoms with E-state index in [-0.39, 0.29) is 16.7 Å². The second-order valence-electron chi connectivity index (χ2n) is 5.87. The first-order chi connectivity index (χ1) is 12.8. The normalized spacial score (nSPS) is 11.3. The number of aryl methyl sites for hydroxylation is 1. The number of anilines is 3. The first kappa shape index (κ1) is 19.0. The van der Waals surface area contributed by atoms with Crippen molar-refractivity contribution < 1.29 is 13.2 Å². The van der Waals surface area contributed by atoms with E-state index in [9.17, 15) is 13.2 Å². The van der Waals surface area contributed by atoms with Gasteiger partial charge in [-0.1, -0.05) is 41.9 Å². The molecule has 0 bridgehead atoms. The molecule has 0 aliphatic rings. The van der Waals surface area contributed by atoms with E-state index in [4.69, 9.17) is 11.6 Å². The van der Waals surface area contributed by atoms with Crippen LogP contribution in [0, 0.1) is 6.92 Å². The lowest BCUT2D eigenvalue weighted by Crippen LogP contribution is -2.11. The van der Waals surface area contributed by atoms with Crippen LogP contribution >= 0.6 is 11.6 Å². The molecule has 0 saturated heterocycles. The van der Waals surface area contributed by atoms with Crippen LogP contribution < -0.4 is 10.6 Å². The highest BCUT2D eigenvalue weighted by molar-refractivity contribution is 6.30. The molecule has 1 heterocycles. The van der Waals surface area contributed by atoms with Gasteiger partial charge in [-0.3, -0.25) is 0 Å². The fourth-order valence-electron chi connectivity index (χ4n) is 2.48. The average Bonchev–Trinajstić information content (AvgIpc) is 2.61. The monoisotopic (exact) mass is 392 g/mol. The maximum absolute atomic E-state index is 13.2. The molecule has 0 aliphatic heterocycles. The standard InChI is InChI=1S/C19H16ClF3N4/c1-12-9-17(24-11-13-5-3-2-4-6-13)27-18(25-12)26-16-8-7-14(20)10-15(16)19(21,22)23/h2-10H,11H2,1H3,(H2,24,25,26,27). The Hall–Kier alpha value is -2.80. The summed E-state index contributed by atoms with van der Waals surface area (Å²) < 4.78 is 39.7. The van der Waals surface area contributed by atoms with Crippen LogP contribution in [0.2, 0.25) is 5.02 Å². The molecular weight excluding hydrogens is 377 g/mol. The maximum atomic E-state index is 13.2. The topological polar surface area (TPSA) is 49.8 Å². The summed E-state index contributed by atoms with van der Waals surface area (Å²) in [5, 5.41) is 5.80. The lowest BCUT2D eigenvalue weighted by Gasteiger charge is -2.15. The highest BCUT2D eigenvalue weighted by Crippen LogP contribution is 2.37. The Kier molecular flexibility index (Phi) is 5.51. The van der Waals surface area contributed by atoms with Gasteiger partial charge in [-0.25, -0.2) is 4.98 Å². The molecule has 0 atom stereocenters. The molecule has 0 spiro atoms. The zero-order chi connectivity index (χ0) is 19.4. The number of aromatic nitrogens is 2. The zero-order valence-corrected chi connectivity index (χ0v) is 15.1. The van der Waals surface area contributed by atoms with E-state index < -0.39 is 11.7 Å². The van der Waals surface area contributed by atoms with Crippen LogP contribution in [0.3, 0.4) is 0 Å². The van der Waals surface area contributed by atoms with Crippen molar-refractivity contribution in [3.8, 4) is 0 Å². The highest BCUT2D eigenvalue weighted by atomic mass is 35.5. The predicted octanol–water partition coefficient (Wildman–Crippen LogP) is 5.81. The molecule has 1 aromatic heterocycles. The molecular formula is C19H16ClF3N4. The van der Waals surface area contributed by atoms with Crippen LogP contribution in [0.15, 0.2) is 54.6 Å². The number of rotatable bonds is 5. The SMILES string of the molecule is Cc1cc(NCc2ccccc2)nc(Nc2ccc(Cl)cc2C(F)(F)F)n1. The smallest absolute Gasteiger partial charge is 0.366 e. The minimum atomic E-state index is -4.55. The first-order valence-electron chi connectivity index (χ1n) is 8.08. The van der Waals surface area contributed by atoms with E-state index in [1.165, 1.54) is 12.1 Å². The van der Waals surface area contributed by atoms with Gasteiger partial charge >= 0.3 is 6.18 Å². The van der Waals surface area contributed by atoms with Crippen molar-refractivity contribution in [1.82, 2.24) is 9.97 Å². The number of nitrogens with zero attached hydrogens (tertiary/aromatic N) is 2. The molecule has 2 aromatic carbocycles. The number of benzene rings is 2. The molecule has 8 heteroatoms. The second kappa shape index (κ2) is 7.84. The summed E-state index contributed by atoms with van der Waals surface area (Å²) in [4.78, 5) is 8.42. The van der Waals surface area contributed by atoms with Gasteiger partial charge in [0.25, 0.3) is 0 Å². The van der Waals surface area contributed by atoms with Gasteiger partial charge in [0.05, 0.1) is 11.3 Å². The van der Waals surface area contributed by atoms with E-state index in [1.54, 1.807) is 13.0 Å². The van der Waals surface area contributed by atoms with Gasteiger partial charge in [0.2, 0.25) is 5.95 Å². The fourth-order valence-corrected chi connectivity index (χ4v) is 2.66. The molecule has 0 unspecified atom stereocenters. The van der Waals surface area contributed by atoms with E-state index in [2.05, 4.69) is 20.6 Å². The maximum Gasteiger partial charge on any atom is 0.418 e. The minimum absolute atomic E-state index is 0.00301. The minimum Gasteiger partial charge on any atom is -0.366 e. The highest BCUT2D eigenvalue weighted by Gasteiger charge is 2.34. The van der Waals surface area contributed by atoms with Gasteiger partial charge in [-0.15, -0.1) is 0 Å². The van der Waals surface area contributed by atoms with Crippen LogP contribution in [-0.2, 0) is 12.7 Å². The molecule has 0 fully saturated rings. The van der Waals surface area contributed by atoms with E-state index in [0.717, 1.165) is 11.6 Å². The van der Waals surface area contributed by atoms with Crippen molar-refractivity contribution in [1.29, 1.82) is 0 Å². The predicted molar refractivity (Wildman–Crippen MR) is 100 cm³/mol. The van der Waals surface area contributed by atoms with E-state index in [0.29, 0.717) is 18.1 Å². The lowest BCUT2D eigenvalue weighted by atomic mass is 10.1. The van der Waals surface area contributed by atoms with Crippen molar-refractivity contribution in [3.63, 3.8) is 0 Å². The summed E-state index contributed by atoms with van der Waals surface area (Å²) in [6, 6.07) is 14.9. The van der Waals surface area contributed by atoms with Gasteiger partial charge < -0.3 is 10.6 Å². The van der Waals surface area contributed by atoms with Gasteiger partial charge in [0, 0.05) is 23.3 Å². The van der Waals surface area contributed by atoms with Crippen molar-refractivity contribution in [2.24, 2.45) is 0 Å². The zero-order valence-electron chi connectivity index (χ0n) is 14.3. The van der Waals surface area contributed by atoms with Crippen LogP contribution in [0.4, 0.5) is 30.6 Å². The Labute approximate surface area is 159 Å². The molecule has 0 amide bonds. The Morgan fingerprint density at radius 3 is 2.44 bits per heavy atom. The molecule has 27 heavy (non-hydrogen) atoms. The quantitative estimate of drug-likeness (QED) is 0.575. The molecule has 3 aromatic rings. The summed E-state index contributed by atoms with van der Waals surface area (Å²) in [6.07, 6.45) is -4.55. The third-order valence-electron chi connectivity index (χ3n) is 3.70. The third-order valence-corrected chi connectivity index (χ3v) is 3.94. The molecule has 0 radical (unpaired) electrons. The summed E-state index contributed by atoms with van der Waals surface area (Å²) in [6.45, 7) is 2.28. The van der Waals surface area contributed by atoms with Gasteiger partial charge in [-0.2, -0.15) is 18.2 Å². The number of halogens is 4. The van der Waals surface area contributed by atoms with Crippen LogP contribution in [-0.4, -0.2) is 9.97 Å². The number of hydrogen-bond acceptors (Lipinski definition) is 4. The third kappa shape index (κ3) is 5.10. The number of hydrogen-bond donors (Lipinski definition) is 2. The Morgan fingerprint density at radius 1 is 1.00 bits per heavy atom. The van der Waals surface area contributed by atoms with Gasteiger partial charge in [0.15, 0.2) is 0 Å². The number of alkyl halides is 3. The van der Waals surface area contributed by atoms with Crippen LogP contribution in [0.1, 0.15) is 16.8 Å².